The quantitative estimate of drug-likeness (QED) is 0.258. The maximum atomic E-state index is 11.4. The molecule has 0 bridgehead atoms. The van der Waals surface area contributed by atoms with Gasteiger partial charge in [-0.2, -0.15) is 0 Å². The summed E-state index contributed by atoms with van der Waals surface area (Å²) in [5.74, 6) is 0.845. The van der Waals surface area contributed by atoms with E-state index in [-0.39, 0.29) is 12.6 Å². The van der Waals surface area contributed by atoms with Gasteiger partial charge in [0.25, 0.3) is 0 Å². The highest BCUT2D eigenvalue weighted by molar-refractivity contribution is 6.30. The fourth-order valence-electron chi connectivity index (χ4n) is 2.69. The second-order valence-corrected chi connectivity index (χ2v) is 6.96. The SMILES string of the molecule is COC(=O)c1ccc(CON=Cc2ccc(OCc3ccc(Cl)cc3)c(OC)c2)cc1. The Morgan fingerprint density at radius 2 is 1.58 bits per heavy atom. The first kappa shape index (κ1) is 22.2. The van der Waals surface area contributed by atoms with Crippen molar-refractivity contribution in [1.82, 2.24) is 0 Å². The highest BCUT2D eigenvalue weighted by Gasteiger charge is 2.06. The van der Waals surface area contributed by atoms with Crippen molar-refractivity contribution in [2.45, 2.75) is 13.2 Å². The summed E-state index contributed by atoms with van der Waals surface area (Å²) in [6.45, 7) is 0.677. The molecule has 0 aromatic heterocycles. The zero-order valence-electron chi connectivity index (χ0n) is 17.2. The normalized spacial score (nSPS) is 10.7. The first-order chi connectivity index (χ1) is 15.1. The van der Waals surface area contributed by atoms with E-state index >= 15 is 0 Å². The zero-order chi connectivity index (χ0) is 22.1. The molecule has 0 heterocycles. The van der Waals surface area contributed by atoms with Crippen molar-refractivity contribution < 1.29 is 23.8 Å². The van der Waals surface area contributed by atoms with E-state index in [0.29, 0.717) is 28.7 Å². The monoisotopic (exact) mass is 439 g/mol. The van der Waals surface area contributed by atoms with Gasteiger partial charge in [-0.1, -0.05) is 41.0 Å². The molecule has 3 aromatic carbocycles. The number of halogens is 1. The summed E-state index contributed by atoms with van der Waals surface area (Å²) in [4.78, 5) is 16.8. The number of nitrogens with zero attached hydrogens (tertiary/aromatic N) is 1. The van der Waals surface area contributed by atoms with Crippen LogP contribution < -0.4 is 9.47 Å². The molecule has 0 saturated heterocycles. The van der Waals surface area contributed by atoms with E-state index in [2.05, 4.69) is 9.89 Å². The predicted molar refractivity (Wildman–Crippen MR) is 119 cm³/mol. The minimum absolute atomic E-state index is 0.275. The largest absolute Gasteiger partial charge is 0.493 e. The Hall–Kier alpha value is -3.51. The highest BCUT2D eigenvalue weighted by atomic mass is 35.5. The number of carbonyl (C=O) groups excluding carboxylic acids is 1. The number of hydrogen-bond acceptors (Lipinski definition) is 6. The van der Waals surface area contributed by atoms with Crippen LogP contribution in [0.1, 0.15) is 27.0 Å². The summed E-state index contributed by atoms with van der Waals surface area (Å²) in [6, 6.07) is 19.9. The molecule has 0 saturated carbocycles. The Morgan fingerprint density at radius 1 is 0.903 bits per heavy atom. The molecular weight excluding hydrogens is 418 g/mol. The molecule has 0 aliphatic carbocycles. The zero-order valence-corrected chi connectivity index (χ0v) is 18.0. The van der Waals surface area contributed by atoms with E-state index in [1.54, 1.807) is 37.6 Å². The number of oxime groups is 1. The number of ether oxygens (including phenoxy) is 3. The smallest absolute Gasteiger partial charge is 0.337 e. The average molecular weight is 440 g/mol. The van der Waals surface area contributed by atoms with Gasteiger partial charge in [-0.25, -0.2) is 4.79 Å². The molecule has 160 valence electrons. The second kappa shape index (κ2) is 11.0. The molecule has 31 heavy (non-hydrogen) atoms. The third kappa shape index (κ3) is 6.49. The van der Waals surface area contributed by atoms with E-state index in [0.717, 1.165) is 16.7 Å². The van der Waals surface area contributed by atoms with Crippen molar-refractivity contribution >= 4 is 23.8 Å². The third-order valence-corrected chi connectivity index (χ3v) is 4.63. The van der Waals surface area contributed by atoms with Crippen LogP contribution in [0.3, 0.4) is 0 Å². The second-order valence-electron chi connectivity index (χ2n) is 6.52. The van der Waals surface area contributed by atoms with Gasteiger partial charge in [-0.3, -0.25) is 0 Å². The van der Waals surface area contributed by atoms with Crippen LogP contribution in [-0.4, -0.2) is 26.4 Å². The van der Waals surface area contributed by atoms with Gasteiger partial charge in [0.05, 0.1) is 26.0 Å². The van der Waals surface area contributed by atoms with Gasteiger partial charge < -0.3 is 19.0 Å². The molecule has 3 rings (SSSR count). The van der Waals surface area contributed by atoms with E-state index in [1.807, 2.05) is 42.5 Å². The maximum Gasteiger partial charge on any atom is 0.337 e. The van der Waals surface area contributed by atoms with E-state index in [1.165, 1.54) is 7.11 Å². The minimum atomic E-state index is -0.375. The van der Waals surface area contributed by atoms with E-state index in [4.69, 9.17) is 25.9 Å². The molecule has 0 atom stereocenters. The Labute approximate surface area is 186 Å². The fourth-order valence-corrected chi connectivity index (χ4v) is 2.82. The fraction of sp³-hybridized carbons (Fsp3) is 0.167. The Bertz CT molecular complexity index is 1030. The van der Waals surface area contributed by atoms with Crippen molar-refractivity contribution in [1.29, 1.82) is 0 Å². The van der Waals surface area contributed by atoms with Crippen LogP contribution in [0.4, 0.5) is 0 Å². The molecular formula is C24H22ClNO5. The van der Waals surface area contributed by atoms with Gasteiger partial charge in [-0.05, 0) is 53.6 Å². The van der Waals surface area contributed by atoms with Gasteiger partial charge in [0.1, 0.15) is 13.2 Å². The van der Waals surface area contributed by atoms with Crippen LogP contribution in [0.15, 0.2) is 71.9 Å². The molecule has 3 aromatic rings. The van der Waals surface area contributed by atoms with E-state index in [9.17, 15) is 4.79 Å². The maximum absolute atomic E-state index is 11.4. The van der Waals surface area contributed by atoms with Gasteiger partial charge >= 0.3 is 5.97 Å². The van der Waals surface area contributed by atoms with Crippen molar-refractivity contribution in [3.05, 3.63) is 94.0 Å². The summed E-state index contributed by atoms with van der Waals surface area (Å²) < 4.78 is 15.9. The van der Waals surface area contributed by atoms with Crippen LogP contribution in [0.5, 0.6) is 11.5 Å². The van der Waals surface area contributed by atoms with E-state index < -0.39 is 0 Å². The summed E-state index contributed by atoms with van der Waals surface area (Å²) >= 11 is 5.90. The topological polar surface area (TPSA) is 66.4 Å². The lowest BCUT2D eigenvalue weighted by Crippen LogP contribution is -2.01. The van der Waals surface area contributed by atoms with Crippen molar-refractivity contribution in [3.63, 3.8) is 0 Å². The first-order valence-corrected chi connectivity index (χ1v) is 9.84. The van der Waals surface area contributed by atoms with Crippen molar-refractivity contribution in [2.24, 2.45) is 5.16 Å². The van der Waals surface area contributed by atoms with Crippen LogP contribution in [0.2, 0.25) is 5.02 Å². The molecule has 7 heteroatoms. The van der Waals surface area contributed by atoms with Crippen molar-refractivity contribution in [2.75, 3.05) is 14.2 Å². The number of rotatable bonds is 9. The Balaban J connectivity index is 1.54. The van der Waals surface area contributed by atoms with Gasteiger partial charge in [0.2, 0.25) is 0 Å². The van der Waals surface area contributed by atoms with Gasteiger partial charge in [0.15, 0.2) is 11.5 Å². The number of esters is 1. The lowest BCUT2D eigenvalue weighted by atomic mass is 10.1. The summed E-state index contributed by atoms with van der Waals surface area (Å²) in [5.41, 5.74) is 3.18. The van der Waals surface area contributed by atoms with Crippen LogP contribution >= 0.6 is 11.6 Å². The molecule has 0 fully saturated rings. The van der Waals surface area contributed by atoms with Crippen LogP contribution in [0, 0.1) is 0 Å². The molecule has 6 nitrogen and oxygen atoms in total. The molecule has 0 spiro atoms. The number of methoxy groups -OCH3 is 2. The molecule has 0 aliphatic heterocycles. The molecule has 0 radical (unpaired) electrons. The minimum Gasteiger partial charge on any atom is -0.493 e. The standard InChI is InChI=1S/C24H22ClNO5/c1-28-23-13-19(7-12-22(23)30-15-17-5-10-21(25)11-6-17)14-26-31-16-18-3-8-20(9-4-18)24(27)29-2/h3-14H,15-16H2,1-2H3. The van der Waals surface area contributed by atoms with Crippen molar-refractivity contribution in [3.8, 4) is 11.5 Å². The van der Waals surface area contributed by atoms with Crippen LogP contribution in [0.25, 0.3) is 0 Å². The summed E-state index contributed by atoms with van der Waals surface area (Å²) in [7, 11) is 2.93. The lowest BCUT2D eigenvalue weighted by molar-refractivity contribution is 0.0600. The Kier molecular flexibility index (Phi) is 7.90. The molecule has 0 N–H and O–H groups in total. The molecule has 0 unspecified atom stereocenters. The number of carbonyl (C=O) groups is 1. The van der Waals surface area contributed by atoms with Crippen LogP contribution in [-0.2, 0) is 22.8 Å². The van der Waals surface area contributed by atoms with Gasteiger partial charge in [-0.15, -0.1) is 0 Å². The number of hydrogen-bond donors (Lipinski definition) is 0. The predicted octanol–water partition coefficient (Wildman–Crippen LogP) is 5.26. The van der Waals surface area contributed by atoms with Gasteiger partial charge in [0, 0.05) is 10.6 Å². The average Bonchev–Trinajstić information content (AvgIpc) is 2.81. The third-order valence-electron chi connectivity index (χ3n) is 4.38. The summed E-state index contributed by atoms with van der Waals surface area (Å²) in [5, 5.41) is 4.68. The Morgan fingerprint density at radius 3 is 2.26 bits per heavy atom. The number of benzene rings is 3. The highest BCUT2D eigenvalue weighted by Crippen LogP contribution is 2.28. The molecule has 0 aliphatic rings. The first-order valence-electron chi connectivity index (χ1n) is 9.47. The lowest BCUT2D eigenvalue weighted by Gasteiger charge is -2.11. The molecule has 0 amide bonds. The summed E-state index contributed by atoms with van der Waals surface area (Å²) in [6.07, 6.45) is 1.59.